The first-order chi connectivity index (χ1) is 7.61. The Kier molecular flexibility index (Phi) is 3.05. The smallest absolute Gasteiger partial charge is 0.352 e. The monoisotopic (exact) mass is 223 g/mol. The summed E-state index contributed by atoms with van der Waals surface area (Å²) in [6, 6.07) is 0. The Balaban J connectivity index is 2.23. The van der Waals surface area contributed by atoms with Crippen LogP contribution >= 0.6 is 0 Å². The molecule has 0 bridgehead atoms. The van der Waals surface area contributed by atoms with Gasteiger partial charge in [-0.05, 0) is 25.7 Å². The van der Waals surface area contributed by atoms with Gasteiger partial charge in [0.25, 0.3) is 0 Å². The highest BCUT2D eigenvalue weighted by molar-refractivity contribution is 4.84. The largest absolute Gasteiger partial charge is 0.354 e. The maximum atomic E-state index is 11.7. The molecule has 16 heavy (non-hydrogen) atoms. The molecule has 0 N–H and O–H groups in total. The third-order valence-corrected chi connectivity index (χ3v) is 3.10. The van der Waals surface area contributed by atoms with Crippen molar-refractivity contribution in [2.75, 3.05) is 0 Å². The minimum Gasteiger partial charge on any atom is -0.354 e. The van der Waals surface area contributed by atoms with E-state index in [1.54, 1.807) is 6.92 Å². The average Bonchev–Trinajstić information content (AvgIpc) is 2.59. The maximum absolute atomic E-state index is 11.7. The van der Waals surface area contributed by atoms with Crippen molar-refractivity contribution in [3.63, 3.8) is 0 Å². The fraction of sp³-hybridized carbons (Fsp3) is 0.727. The predicted octanol–water partition coefficient (Wildman–Crippen LogP) is 1.28. The Bertz CT molecular complexity index is 429. The molecule has 5 heteroatoms. The molecule has 88 valence electrons. The molecule has 1 fully saturated rings. The van der Waals surface area contributed by atoms with Crippen molar-refractivity contribution >= 4 is 0 Å². The molecule has 0 saturated carbocycles. The molecule has 3 atom stereocenters. The zero-order valence-electron chi connectivity index (χ0n) is 9.88. The summed E-state index contributed by atoms with van der Waals surface area (Å²) in [6.45, 7) is 5.95. The molecule has 1 aromatic heterocycles. The molecule has 0 radical (unpaired) electrons. The molecule has 2 heterocycles. The fourth-order valence-corrected chi connectivity index (χ4v) is 2.16. The zero-order valence-corrected chi connectivity index (χ0v) is 9.88. The van der Waals surface area contributed by atoms with Gasteiger partial charge in [-0.2, -0.15) is 4.98 Å². The van der Waals surface area contributed by atoms with E-state index < -0.39 is 0 Å². The van der Waals surface area contributed by atoms with Crippen LogP contribution in [0, 0.1) is 12.8 Å². The predicted molar refractivity (Wildman–Crippen MR) is 59.0 cm³/mol. The van der Waals surface area contributed by atoms with Crippen molar-refractivity contribution < 1.29 is 4.74 Å². The van der Waals surface area contributed by atoms with Crippen LogP contribution in [-0.2, 0) is 4.74 Å². The van der Waals surface area contributed by atoms with Gasteiger partial charge >= 0.3 is 5.69 Å². The Labute approximate surface area is 94.5 Å². The average molecular weight is 223 g/mol. The number of aryl methyl sites for hydroxylation is 1. The van der Waals surface area contributed by atoms with Gasteiger partial charge in [0, 0.05) is 0 Å². The van der Waals surface area contributed by atoms with Crippen LogP contribution in [0.5, 0.6) is 0 Å². The van der Waals surface area contributed by atoms with Crippen LogP contribution in [0.3, 0.4) is 0 Å². The summed E-state index contributed by atoms with van der Waals surface area (Å²) in [5.74, 6) is 0.975. The van der Waals surface area contributed by atoms with Crippen LogP contribution in [0.25, 0.3) is 0 Å². The summed E-state index contributed by atoms with van der Waals surface area (Å²) in [5.41, 5.74) is -0.276. The first-order valence-electron chi connectivity index (χ1n) is 5.69. The van der Waals surface area contributed by atoms with Crippen molar-refractivity contribution in [2.24, 2.45) is 5.92 Å². The Morgan fingerprint density at radius 2 is 2.38 bits per heavy atom. The molecule has 1 aliphatic rings. The van der Waals surface area contributed by atoms with E-state index in [9.17, 15) is 4.79 Å². The van der Waals surface area contributed by atoms with Crippen molar-refractivity contribution in [2.45, 2.75) is 45.9 Å². The summed E-state index contributed by atoms with van der Waals surface area (Å²) >= 11 is 0. The summed E-state index contributed by atoms with van der Waals surface area (Å²) in [7, 11) is 0. The van der Waals surface area contributed by atoms with Crippen molar-refractivity contribution in [1.29, 1.82) is 0 Å². The Morgan fingerprint density at radius 1 is 1.62 bits per heavy atom. The van der Waals surface area contributed by atoms with E-state index in [4.69, 9.17) is 4.74 Å². The minimum atomic E-state index is -0.276. The van der Waals surface area contributed by atoms with Crippen LogP contribution in [-0.4, -0.2) is 20.6 Å². The molecule has 0 aromatic carbocycles. The molecule has 0 spiro atoms. The summed E-state index contributed by atoms with van der Waals surface area (Å²) in [4.78, 5) is 19.5. The van der Waals surface area contributed by atoms with Crippen molar-refractivity contribution in [1.82, 2.24) is 14.5 Å². The lowest BCUT2D eigenvalue weighted by Gasteiger charge is -2.14. The van der Waals surface area contributed by atoms with Crippen molar-refractivity contribution in [3.05, 3.63) is 22.6 Å². The molecule has 2 rings (SSSR count). The first-order valence-corrected chi connectivity index (χ1v) is 5.69. The molecular formula is C11H17N3O2. The number of rotatable bonds is 2. The summed E-state index contributed by atoms with van der Waals surface area (Å²) < 4.78 is 7.30. The van der Waals surface area contributed by atoms with Gasteiger partial charge in [0.1, 0.15) is 18.4 Å². The lowest BCUT2D eigenvalue weighted by molar-refractivity contribution is -0.00821. The standard InChI is InChI=1S/C11H17N3O2/c1-4-9-7(2)5-10(16-9)14-6-12-8(3)13-11(14)15/h6-7,9-10H,4-5H2,1-3H3/t7-,9-,10?/m1/s1. The normalized spacial score (nSPS) is 29.6. The van der Waals surface area contributed by atoms with Gasteiger partial charge in [-0.25, -0.2) is 9.78 Å². The van der Waals surface area contributed by atoms with Gasteiger partial charge in [0.15, 0.2) is 0 Å². The summed E-state index contributed by atoms with van der Waals surface area (Å²) in [5, 5.41) is 0. The third kappa shape index (κ3) is 2.00. The molecule has 0 amide bonds. The van der Waals surface area contributed by atoms with Crippen LogP contribution in [0.15, 0.2) is 11.1 Å². The molecule has 1 aliphatic heterocycles. The highest BCUT2D eigenvalue weighted by Gasteiger charge is 2.32. The van der Waals surface area contributed by atoms with Gasteiger partial charge in [-0.1, -0.05) is 13.8 Å². The van der Waals surface area contributed by atoms with Gasteiger partial charge in [-0.15, -0.1) is 0 Å². The van der Waals surface area contributed by atoms with Gasteiger partial charge in [0.2, 0.25) is 0 Å². The zero-order chi connectivity index (χ0) is 11.7. The Morgan fingerprint density at radius 3 is 2.94 bits per heavy atom. The first kappa shape index (κ1) is 11.3. The Hall–Kier alpha value is -1.23. The molecule has 1 saturated heterocycles. The van der Waals surface area contributed by atoms with Crippen LogP contribution in [0.2, 0.25) is 0 Å². The maximum Gasteiger partial charge on any atom is 0.352 e. The highest BCUT2D eigenvalue weighted by atomic mass is 16.5. The number of hydrogen-bond donors (Lipinski definition) is 0. The molecule has 1 unspecified atom stereocenters. The topological polar surface area (TPSA) is 57.0 Å². The van der Waals surface area contributed by atoms with E-state index >= 15 is 0 Å². The highest BCUT2D eigenvalue weighted by Crippen LogP contribution is 2.33. The van der Waals surface area contributed by atoms with Crippen molar-refractivity contribution in [3.8, 4) is 0 Å². The number of ether oxygens (including phenoxy) is 1. The van der Waals surface area contributed by atoms with E-state index in [-0.39, 0.29) is 18.0 Å². The van der Waals surface area contributed by atoms with E-state index in [0.717, 1.165) is 12.8 Å². The van der Waals surface area contributed by atoms with E-state index in [1.165, 1.54) is 10.9 Å². The lowest BCUT2D eigenvalue weighted by Crippen LogP contribution is -2.28. The number of nitrogens with zero attached hydrogens (tertiary/aromatic N) is 3. The van der Waals surface area contributed by atoms with E-state index in [2.05, 4.69) is 23.8 Å². The molecule has 1 aromatic rings. The second-order valence-electron chi connectivity index (χ2n) is 4.34. The van der Waals surface area contributed by atoms with Gasteiger partial charge < -0.3 is 4.74 Å². The third-order valence-electron chi connectivity index (χ3n) is 3.10. The summed E-state index contributed by atoms with van der Waals surface area (Å²) in [6.07, 6.45) is 3.38. The molecular weight excluding hydrogens is 206 g/mol. The quantitative estimate of drug-likeness (QED) is 0.757. The SMILES string of the molecule is CC[C@H]1OC(n2cnc(C)nc2=O)C[C@H]1C. The van der Waals surface area contributed by atoms with E-state index in [1.807, 2.05) is 0 Å². The van der Waals surface area contributed by atoms with E-state index in [0.29, 0.717) is 11.7 Å². The van der Waals surface area contributed by atoms with Crippen LogP contribution < -0.4 is 5.69 Å². The molecule has 0 aliphatic carbocycles. The fourth-order valence-electron chi connectivity index (χ4n) is 2.16. The van der Waals surface area contributed by atoms with Crippen LogP contribution in [0.4, 0.5) is 0 Å². The second-order valence-corrected chi connectivity index (χ2v) is 4.34. The van der Waals surface area contributed by atoms with Gasteiger partial charge in [0.05, 0.1) is 6.10 Å². The van der Waals surface area contributed by atoms with Crippen LogP contribution in [0.1, 0.15) is 38.7 Å². The van der Waals surface area contributed by atoms with Gasteiger partial charge in [-0.3, -0.25) is 4.57 Å². The number of aromatic nitrogens is 3. The number of hydrogen-bond acceptors (Lipinski definition) is 4. The second kappa shape index (κ2) is 4.33. The minimum absolute atomic E-state index is 0.201. The lowest BCUT2D eigenvalue weighted by atomic mass is 10.0. The molecule has 5 nitrogen and oxygen atoms in total.